The monoisotopic (exact) mass is 367 g/mol. The predicted molar refractivity (Wildman–Crippen MR) is 103 cm³/mol. The summed E-state index contributed by atoms with van der Waals surface area (Å²) in [6, 6.07) is 12.3. The van der Waals surface area contributed by atoms with Crippen molar-refractivity contribution in [3.05, 3.63) is 58.5 Å². The van der Waals surface area contributed by atoms with Crippen LogP contribution in [0.3, 0.4) is 0 Å². The minimum Gasteiger partial charge on any atom is -0.494 e. The van der Waals surface area contributed by atoms with E-state index in [0.717, 1.165) is 0 Å². The Morgan fingerprint density at radius 3 is 2.56 bits per heavy atom. The molecule has 1 heterocycles. The Balaban J connectivity index is 1.85. The summed E-state index contributed by atoms with van der Waals surface area (Å²) in [6.07, 6.45) is 0.0156. The Morgan fingerprint density at radius 2 is 1.81 bits per heavy atom. The van der Waals surface area contributed by atoms with E-state index in [9.17, 15) is 9.59 Å². The first-order valence-electron chi connectivity index (χ1n) is 8.78. The number of H-pyrrole nitrogens is 1. The van der Waals surface area contributed by atoms with Gasteiger partial charge in [-0.3, -0.25) is 9.59 Å². The minimum absolute atomic E-state index is 0.0156. The molecular formula is C20H21N3O4. The zero-order chi connectivity index (χ0) is 19.2. The molecule has 0 aliphatic heterocycles. The summed E-state index contributed by atoms with van der Waals surface area (Å²) >= 11 is 0. The van der Waals surface area contributed by atoms with Gasteiger partial charge in [0.25, 0.3) is 5.56 Å². The lowest BCUT2D eigenvalue weighted by Crippen LogP contribution is -2.19. The van der Waals surface area contributed by atoms with Crippen LogP contribution in [-0.2, 0) is 11.2 Å². The second-order valence-corrected chi connectivity index (χ2v) is 5.79. The van der Waals surface area contributed by atoms with E-state index in [0.29, 0.717) is 46.9 Å². The maximum atomic E-state index is 12.6. The summed E-state index contributed by atoms with van der Waals surface area (Å²) in [6.45, 7) is 4.76. The Hall–Kier alpha value is -3.35. The number of aromatic nitrogens is 2. The first kappa shape index (κ1) is 18.4. The first-order valence-corrected chi connectivity index (χ1v) is 8.78. The van der Waals surface area contributed by atoms with Crippen LogP contribution in [-0.4, -0.2) is 29.3 Å². The number of hydrogen-bond acceptors (Lipinski definition) is 5. The van der Waals surface area contributed by atoms with E-state index >= 15 is 0 Å². The van der Waals surface area contributed by atoms with E-state index in [4.69, 9.17) is 9.47 Å². The van der Waals surface area contributed by atoms with Crippen LogP contribution in [0.5, 0.6) is 11.5 Å². The molecule has 1 amide bonds. The number of ether oxygens (including phenoxy) is 2. The maximum Gasteiger partial charge on any atom is 0.272 e. The lowest BCUT2D eigenvalue weighted by molar-refractivity contribution is -0.115. The van der Waals surface area contributed by atoms with Crippen LogP contribution in [0, 0.1) is 0 Å². The second kappa shape index (κ2) is 8.35. The minimum atomic E-state index is -0.280. The summed E-state index contributed by atoms with van der Waals surface area (Å²) in [5, 5.41) is 10.5. The van der Waals surface area contributed by atoms with Gasteiger partial charge in [-0.05, 0) is 32.0 Å². The third-order valence-electron chi connectivity index (χ3n) is 3.94. The average molecular weight is 367 g/mol. The molecule has 7 heteroatoms. The van der Waals surface area contributed by atoms with Gasteiger partial charge in [0.2, 0.25) is 5.91 Å². The molecule has 27 heavy (non-hydrogen) atoms. The lowest BCUT2D eigenvalue weighted by atomic mass is 10.1. The fraction of sp³-hybridized carbons (Fsp3) is 0.250. The molecule has 0 aliphatic rings. The van der Waals surface area contributed by atoms with Gasteiger partial charge in [-0.1, -0.05) is 18.2 Å². The van der Waals surface area contributed by atoms with Crippen LogP contribution in [0.1, 0.15) is 19.5 Å². The summed E-state index contributed by atoms with van der Waals surface area (Å²) in [5.74, 6) is 0.937. The van der Waals surface area contributed by atoms with E-state index in [-0.39, 0.29) is 17.9 Å². The van der Waals surface area contributed by atoms with Gasteiger partial charge in [0.15, 0.2) is 0 Å². The van der Waals surface area contributed by atoms with Crippen molar-refractivity contribution in [2.45, 2.75) is 20.3 Å². The molecule has 0 bridgehead atoms. The number of aromatic amines is 1. The van der Waals surface area contributed by atoms with Crippen molar-refractivity contribution < 1.29 is 14.3 Å². The molecule has 0 saturated heterocycles. The van der Waals surface area contributed by atoms with E-state index in [1.165, 1.54) is 0 Å². The van der Waals surface area contributed by atoms with Gasteiger partial charge < -0.3 is 14.8 Å². The van der Waals surface area contributed by atoms with Crippen LogP contribution >= 0.6 is 0 Å². The van der Waals surface area contributed by atoms with Crippen molar-refractivity contribution in [3.8, 4) is 11.5 Å². The number of carbonyl (C=O) groups is 1. The van der Waals surface area contributed by atoms with Gasteiger partial charge in [-0.25, -0.2) is 5.10 Å². The zero-order valence-corrected chi connectivity index (χ0v) is 15.2. The number of carbonyl (C=O) groups excluding carboxylic acids is 1. The average Bonchev–Trinajstić information content (AvgIpc) is 2.67. The van der Waals surface area contributed by atoms with Crippen LogP contribution in [0.4, 0.5) is 5.69 Å². The maximum absolute atomic E-state index is 12.6. The van der Waals surface area contributed by atoms with E-state index < -0.39 is 0 Å². The third kappa shape index (κ3) is 4.25. The Morgan fingerprint density at radius 1 is 1.07 bits per heavy atom. The molecule has 7 nitrogen and oxygen atoms in total. The van der Waals surface area contributed by atoms with Gasteiger partial charge in [0.05, 0.1) is 36.4 Å². The highest BCUT2D eigenvalue weighted by molar-refractivity contribution is 5.96. The van der Waals surface area contributed by atoms with E-state index in [1.54, 1.807) is 36.4 Å². The molecule has 2 N–H and O–H groups in total. The number of rotatable bonds is 7. The molecule has 0 fully saturated rings. The topological polar surface area (TPSA) is 93.3 Å². The Bertz CT molecular complexity index is 1010. The van der Waals surface area contributed by atoms with Gasteiger partial charge in [0, 0.05) is 11.5 Å². The highest BCUT2D eigenvalue weighted by atomic mass is 16.5. The van der Waals surface area contributed by atoms with Gasteiger partial charge >= 0.3 is 0 Å². The summed E-state index contributed by atoms with van der Waals surface area (Å²) in [4.78, 5) is 24.5. The number of amides is 1. The number of nitrogens with one attached hydrogen (secondary N) is 2. The number of fused-ring (bicyclic) bond motifs is 1. The molecule has 0 spiro atoms. The molecule has 0 saturated carbocycles. The number of nitrogens with zero attached hydrogens (tertiary/aromatic N) is 1. The lowest BCUT2D eigenvalue weighted by Gasteiger charge is -2.13. The predicted octanol–water partition coefficient (Wildman–Crippen LogP) is 2.90. The molecule has 3 rings (SSSR count). The standard InChI is InChI=1S/C20H21N3O4/c1-3-26-13-9-10-18(27-4-2)17(11-13)21-19(24)12-16-14-7-5-6-8-15(14)20(25)23-22-16/h5-11H,3-4,12H2,1-2H3,(H,21,24)(H,23,25). The van der Waals surface area contributed by atoms with Gasteiger partial charge in [0.1, 0.15) is 11.5 Å². The van der Waals surface area contributed by atoms with Crippen molar-refractivity contribution in [3.63, 3.8) is 0 Å². The zero-order valence-electron chi connectivity index (χ0n) is 15.2. The third-order valence-corrected chi connectivity index (χ3v) is 3.94. The fourth-order valence-electron chi connectivity index (χ4n) is 2.80. The van der Waals surface area contributed by atoms with E-state index in [1.807, 2.05) is 19.9 Å². The highest BCUT2D eigenvalue weighted by Crippen LogP contribution is 2.29. The van der Waals surface area contributed by atoms with Crippen molar-refractivity contribution in [2.75, 3.05) is 18.5 Å². The van der Waals surface area contributed by atoms with Crippen LogP contribution < -0.4 is 20.3 Å². The molecule has 3 aromatic rings. The Labute approximate surface area is 156 Å². The molecule has 0 atom stereocenters. The molecule has 0 unspecified atom stereocenters. The van der Waals surface area contributed by atoms with Gasteiger partial charge in [-0.15, -0.1) is 0 Å². The van der Waals surface area contributed by atoms with Crippen molar-refractivity contribution in [1.29, 1.82) is 0 Å². The quantitative estimate of drug-likeness (QED) is 0.670. The molecular weight excluding hydrogens is 346 g/mol. The van der Waals surface area contributed by atoms with Crippen LogP contribution in [0.2, 0.25) is 0 Å². The van der Waals surface area contributed by atoms with Crippen LogP contribution in [0.25, 0.3) is 10.8 Å². The molecule has 1 aromatic heterocycles. The summed E-state index contributed by atoms with van der Waals surface area (Å²) < 4.78 is 11.1. The molecule has 140 valence electrons. The number of benzene rings is 2. The van der Waals surface area contributed by atoms with Crippen LogP contribution in [0.15, 0.2) is 47.3 Å². The van der Waals surface area contributed by atoms with Crippen molar-refractivity contribution >= 4 is 22.4 Å². The van der Waals surface area contributed by atoms with Crippen molar-refractivity contribution in [2.24, 2.45) is 0 Å². The number of anilines is 1. The fourth-order valence-corrected chi connectivity index (χ4v) is 2.80. The summed E-state index contributed by atoms with van der Waals surface area (Å²) in [7, 11) is 0. The molecule has 0 radical (unpaired) electrons. The first-order chi connectivity index (χ1) is 13.1. The van der Waals surface area contributed by atoms with E-state index in [2.05, 4.69) is 15.5 Å². The second-order valence-electron chi connectivity index (χ2n) is 5.79. The highest BCUT2D eigenvalue weighted by Gasteiger charge is 2.14. The smallest absolute Gasteiger partial charge is 0.272 e. The normalized spacial score (nSPS) is 10.6. The van der Waals surface area contributed by atoms with Crippen molar-refractivity contribution in [1.82, 2.24) is 10.2 Å². The number of hydrogen-bond donors (Lipinski definition) is 2. The molecule has 2 aromatic carbocycles. The summed E-state index contributed by atoms with van der Waals surface area (Å²) in [5.41, 5.74) is 0.751. The van der Waals surface area contributed by atoms with Gasteiger partial charge in [-0.2, -0.15) is 5.10 Å². The largest absolute Gasteiger partial charge is 0.494 e. The molecule has 0 aliphatic carbocycles. The SMILES string of the molecule is CCOc1ccc(OCC)c(NC(=O)Cc2n[nH]c(=O)c3ccccc23)c1. The Kier molecular flexibility index (Phi) is 5.71.